The summed E-state index contributed by atoms with van der Waals surface area (Å²) in [4.78, 5) is 11.8. The van der Waals surface area contributed by atoms with E-state index >= 15 is 0 Å². The van der Waals surface area contributed by atoms with Crippen molar-refractivity contribution in [1.29, 1.82) is 0 Å². The Balaban J connectivity index is 2.20. The van der Waals surface area contributed by atoms with Gasteiger partial charge >= 0.3 is 6.18 Å². The van der Waals surface area contributed by atoms with E-state index in [-0.39, 0.29) is 17.7 Å². The highest BCUT2D eigenvalue weighted by Gasteiger charge is 2.54. The zero-order valence-electron chi connectivity index (χ0n) is 15.6. The SMILES string of the molecule is CCCOc1c([C@H](N2NC(=O)CC2(C)C)C(F)(F)F)ccc2ccccc12. The average Bonchev–Trinajstić information content (AvgIpc) is 2.84. The van der Waals surface area contributed by atoms with Crippen molar-refractivity contribution >= 4 is 16.7 Å². The summed E-state index contributed by atoms with van der Waals surface area (Å²) < 4.78 is 48.3. The number of nitrogens with zero attached hydrogens (tertiary/aromatic N) is 1. The molecule has 1 amide bonds. The predicted octanol–water partition coefficient (Wildman–Crippen LogP) is 4.75. The summed E-state index contributed by atoms with van der Waals surface area (Å²) in [5.41, 5.74) is 1.42. The third-order valence-electron chi connectivity index (χ3n) is 4.71. The zero-order valence-corrected chi connectivity index (χ0v) is 15.6. The van der Waals surface area contributed by atoms with E-state index in [9.17, 15) is 18.0 Å². The fraction of sp³-hybridized carbons (Fsp3) is 0.450. The smallest absolute Gasteiger partial charge is 0.410 e. The number of hydrogen-bond donors (Lipinski definition) is 1. The number of carbonyl (C=O) groups is 1. The van der Waals surface area contributed by atoms with E-state index in [1.54, 1.807) is 32.0 Å². The van der Waals surface area contributed by atoms with E-state index in [2.05, 4.69) is 5.43 Å². The monoisotopic (exact) mass is 380 g/mol. The highest BCUT2D eigenvalue weighted by atomic mass is 19.4. The Morgan fingerprint density at radius 2 is 1.93 bits per heavy atom. The summed E-state index contributed by atoms with van der Waals surface area (Å²) >= 11 is 0. The minimum atomic E-state index is -4.60. The quantitative estimate of drug-likeness (QED) is 0.814. The number of carbonyl (C=O) groups excluding carboxylic acids is 1. The summed E-state index contributed by atoms with van der Waals surface area (Å²) in [5.74, 6) is -0.208. The van der Waals surface area contributed by atoms with Crippen LogP contribution in [0, 0.1) is 0 Å². The Morgan fingerprint density at radius 1 is 1.22 bits per heavy atom. The van der Waals surface area contributed by atoms with Gasteiger partial charge in [-0.2, -0.15) is 18.2 Å². The molecule has 0 bridgehead atoms. The molecule has 1 N–H and O–H groups in total. The summed E-state index contributed by atoms with van der Waals surface area (Å²) in [5, 5.41) is 2.44. The predicted molar refractivity (Wildman–Crippen MR) is 97.2 cm³/mol. The van der Waals surface area contributed by atoms with E-state index in [4.69, 9.17) is 4.74 Å². The Morgan fingerprint density at radius 3 is 2.52 bits per heavy atom. The van der Waals surface area contributed by atoms with Gasteiger partial charge in [0.1, 0.15) is 5.75 Å². The molecule has 146 valence electrons. The van der Waals surface area contributed by atoms with Crippen LogP contribution in [0.1, 0.15) is 45.2 Å². The van der Waals surface area contributed by atoms with E-state index in [1.807, 2.05) is 19.1 Å². The van der Waals surface area contributed by atoms with Gasteiger partial charge in [-0.05, 0) is 25.7 Å². The summed E-state index contributed by atoms with van der Waals surface area (Å²) in [6.45, 7) is 5.45. The molecule has 4 nitrogen and oxygen atoms in total. The molecule has 1 aliphatic heterocycles. The molecule has 3 rings (SSSR count). The number of hydrazine groups is 1. The molecular formula is C20H23F3N2O2. The lowest BCUT2D eigenvalue weighted by Gasteiger charge is -2.38. The lowest BCUT2D eigenvalue weighted by molar-refractivity contribution is -0.204. The van der Waals surface area contributed by atoms with Crippen molar-refractivity contribution in [2.24, 2.45) is 0 Å². The second-order valence-corrected chi connectivity index (χ2v) is 7.39. The molecule has 2 aromatic carbocycles. The number of nitrogens with one attached hydrogen (secondary N) is 1. The van der Waals surface area contributed by atoms with Crippen LogP contribution in [0.4, 0.5) is 13.2 Å². The van der Waals surface area contributed by atoms with Gasteiger partial charge < -0.3 is 4.74 Å². The molecular weight excluding hydrogens is 357 g/mol. The third kappa shape index (κ3) is 3.74. The first-order chi connectivity index (χ1) is 12.6. The van der Waals surface area contributed by atoms with Gasteiger partial charge in [0.25, 0.3) is 0 Å². The number of halogens is 3. The van der Waals surface area contributed by atoms with Gasteiger partial charge in [0.2, 0.25) is 5.91 Å². The Labute approximate surface area is 156 Å². The zero-order chi connectivity index (χ0) is 19.8. The average molecular weight is 380 g/mol. The first-order valence-electron chi connectivity index (χ1n) is 8.95. The van der Waals surface area contributed by atoms with Crippen LogP contribution in [0.5, 0.6) is 5.75 Å². The maximum Gasteiger partial charge on any atom is 0.410 e. The van der Waals surface area contributed by atoms with Crippen molar-refractivity contribution in [1.82, 2.24) is 10.4 Å². The lowest BCUT2D eigenvalue weighted by Crippen LogP contribution is -2.51. The van der Waals surface area contributed by atoms with Crippen LogP contribution in [-0.2, 0) is 4.79 Å². The lowest BCUT2D eigenvalue weighted by atomic mass is 9.94. The molecule has 0 saturated carbocycles. The number of fused-ring (bicyclic) bond motifs is 1. The van der Waals surface area contributed by atoms with Gasteiger partial charge in [0.15, 0.2) is 6.04 Å². The molecule has 0 aromatic heterocycles. The topological polar surface area (TPSA) is 41.6 Å². The van der Waals surface area contributed by atoms with Crippen molar-refractivity contribution in [3.05, 3.63) is 42.0 Å². The summed E-state index contributed by atoms with van der Waals surface area (Å²) in [7, 11) is 0. The highest BCUT2D eigenvalue weighted by molar-refractivity contribution is 5.90. The van der Waals surface area contributed by atoms with Crippen molar-refractivity contribution < 1.29 is 22.7 Å². The van der Waals surface area contributed by atoms with Gasteiger partial charge in [-0.25, -0.2) is 0 Å². The van der Waals surface area contributed by atoms with Crippen LogP contribution in [-0.4, -0.2) is 29.2 Å². The summed E-state index contributed by atoms with van der Waals surface area (Å²) in [6.07, 6.45) is -3.93. The highest BCUT2D eigenvalue weighted by Crippen LogP contribution is 2.47. The molecule has 1 atom stereocenters. The fourth-order valence-corrected chi connectivity index (χ4v) is 3.52. The molecule has 7 heteroatoms. The van der Waals surface area contributed by atoms with Crippen LogP contribution in [0.2, 0.25) is 0 Å². The number of ether oxygens (including phenoxy) is 1. The Kier molecular flexibility index (Phi) is 5.08. The van der Waals surface area contributed by atoms with Gasteiger partial charge in [-0.3, -0.25) is 10.2 Å². The van der Waals surface area contributed by atoms with Crippen molar-refractivity contribution in [2.45, 2.75) is 51.4 Å². The summed E-state index contributed by atoms with van der Waals surface area (Å²) in [6, 6.07) is 8.30. The van der Waals surface area contributed by atoms with Gasteiger partial charge in [0.05, 0.1) is 6.61 Å². The van der Waals surface area contributed by atoms with Crippen LogP contribution >= 0.6 is 0 Å². The minimum Gasteiger partial charge on any atom is -0.493 e. The second-order valence-electron chi connectivity index (χ2n) is 7.39. The number of alkyl halides is 3. The molecule has 2 aromatic rings. The molecule has 27 heavy (non-hydrogen) atoms. The van der Waals surface area contributed by atoms with Crippen LogP contribution in [0.25, 0.3) is 10.8 Å². The minimum absolute atomic E-state index is 0.00167. The molecule has 0 unspecified atom stereocenters. The molecule has 1 fully saturated rings. The van der Waals surface area contributed by atoms with Crippen LogP contribution in [0.3, 0.4) is 0 Å². The number of hydrogen-bond acceptors (Lipinski definition) is 3. The molecule has 1 aliphatic rings. The van der Waals surface area contributed by atoms with Gasteiger partial charge in [0, 0.05) is 22.9 Å². The molecule has 0 radical (unpaired) electrons. The van der Waals surface area contributed by atoms with Crippen molar-refractivity contribution in [3.63, 3.8) is 0 Å². The van der Waals surface area contributed by atoms with E-state index in [1.165, 1.54) is 6.07 Å². The van der Waals surface area contributed by atoms with Crippen LogP contribution < -0.4 is 10.2 Å². The first kappa shape index (κ1) is 19.5. The Hall–Kier alpha value is -2.28. The number of amides is 1. The van der Waals surface area contributed by atoms with E-state index < -0.39 is 23.7 Å². The first-order valence-corrected chi connectivity index (χ1v) is 8.95. The standard InChI is InChI=1S/C20H23F3N2O2/c1-4-11-27-17-14-8-6-5-7-13(14)9-10-15(17)18(20(21,22)23)25-19(2,3)12-16(26)24-25/h5-10,18H,4,11-12H2,1-3H3,(H,24,26)/t18-/m0/s1. The third-order valence-corrected chi connectivity index (χ3v) is 4.71. The van der Waals surface area contributed by atoms with Gasteiger partial charge in [-0.1, -0.05) is 43.3 Å². The van der Waals surface area contributed by atoms with Crippen LogP contribution in [0.15, 0.2) is 36.4 Å². The van der Waals surface area contributed by atoms with Crippen molar-refractivity contribution in [2.75, 3.05) is 6.61 Å². The molecule has 1 heterocycles. The van der Waals surface area contributed by atoms with E-state index in [0.717, 1.165) is 10.4 Å². The maximum atomic E-state index is 14.2. The molecule has 0 spiro atoms. The van der Waals surface area contributed by atoms with Crippen molar-refractivity contribution in [3.8, 4) is 5.75 Å². The number of rotatable bonds is 5. The molecule has 1 saturated heterocycles. The fourth-order valence-electron chi connectivity index (χ4n) is 3.52. The Bertz CT molecular complexity index is 849. The van der Waals surface area contributed by atoms with Gasteiger partial charge in [-0.15, -0.1) is 0 Å². The maximum absolute atomic E-state index is 14.2. The normalized spacial score (nSPS) is 18.5. The molecule has 0 aliphatic carbocycles. The largest absolute Gasteiger partial charge is 0.493 e. The number of benzene rings is 2. The second kappa shape index (κ2) is 7.03. The van der Waals surface area contributed by atoms with E-state index in [0.29, 0.717) is 18.4 Å².